The molecule has 0 saturated heterocycles. The Bertz CT molecular complexity index is 89.1. The molecule has 2 radical (unpaired) electrons. The van der Waals surface area contributed by atoms with Crippen LogP contribution in [0.5, 0.6) is 0 Å². The van der Waals surface area contributed by atoms with Gasteiger partial charge in [-0.15, -0.1) is 0 Å². The van der Waals surface area contributed by atoms with Crippen molar-refractivity contribution < 1.29 is 0 Å². The van der Waals surface area contributed by atoms with Crippen LogP contribution in [-0.2, 0) is 0 Å². The first-order chi connectivity index (χ1) is 3.91. The number of hydrogen-bond acceptors (Lipinski definition) is 2. The van der Waals surface area contributed by atoms with Crippen molar-refractivity contribution in [2.45, 2.75) is 26.2 Å². The van der Waals surface area contributed by atoms with Crippen molar-refractivity contribution in [1.29, 1.82) is 0 Å². The SMILES string of the molecule is CCCCCN=C=S.[SnH2]. The summed E-state index contributed by atoms with van der Waals surface area (Å²) in [6, 6.07) is 0. The van der Waals surface area contributed by atoms with E-state index < -0.39 is 0 Å². The first-order valence-corrected chi connectivity index (χ1v) is 3.36. The standard InChI is InChI=1S/C6H11NS.Sn.2H/c1-2-3-4-5-7-6-8;;;/h2-5H2,1H3;;;. The molecule has 0 saturated carbocycles. The van der Waals surface area contributed by atoms with Crippen LogP contribution in [-0.4, -0.2) is 35.6 Å². The number of unbranched alkanes of at least 4 members (excludes halogenated alkanes) is 2. The second-order valence-electron chi connectivity index (χ2n) is 1.68. The molecule has 0 rings (SSSR count). The third-order valence-corrected chi connectivity index (χ3v) is 1.07. The summed E-state index contributed by atoms with van der Waals surface area (Å²) >= 11 is 4.38. The van der Waals surface area contributed by atoms with Gasteiger partial charge in [0.2, 0.25) is 0 Å². The number of thiocarbonyl (C=S) groups is 1. The fourth-order valence-electron chi connectivity index (χ4n) is 0.487. The van der Waals surface area contributed by atoms with Crippen LogP contribution in [0.3, 0.4) is 0 Å². The van der Waals surface area contributed by atoms with Gasteiger partial charge in [-0.05, 0) is 18.6 Å². The van der Waals surface area contributed by atoms with Crippen molar-refractivity contribution in [2.75, 3.05) is 6.54 Å². The summed E-state index contributed by atoms with van der Waals surface area (Å²) in [6.07, 6.45) is 3.65. The van der Waals surface area contributed by atoms with Crippen LogP contribution in [0.2, 0.25) is 0 Å². The van der Waals surface area contributed by atoms with E-state index in [-0.39, 0.29) is 23.9 Å². The third kappa shape index (κ3) is 11.9. The summed E-state index contributed by atoms with van der Waals surface area (Å²) < 4.78 is 0. The molecule has 0 aliphatic rings. The maximum atomic E-state index is 4.38. The Morgan fingerprint density at radius 1 is 1.44 bits per heavy atom. The normalized spacial score (nSPS) is 7.22. The zero-order valence-electron chi connectivity index (χ0n) is 5.89. The fraction of sp³-hybridized carbons (Fsp3) is 0.833. The molecular weight excluding hydrogens is 237 g/mol. The van der Waals surface area contributed by atoms with Crippen LogP contribution in [0.1, 0.15) is 26.2 Å². The zero-order valence-corrected chi connectivity index (χ0v) is 10.7. The molecule has 52 valence electrons. The molecule has 0 aromatic heterocycles. The molecule has 0 aromatic carbocycles. The van der Waals surface area contributed by atoms with Crippen LogP contribution in [0.25, 0.3) is 0 Å². The van der Waals surface area contributed by atoms with Crippen molar-refractivity contribution in [3.63, 3.8) is 0 Å². The predicted molar refractivity (Wildman–Crippen MR) is 48.0 cm³/mol. The van der Waals surface area contributed by atoms with Gasteiger partial charge in [-0.3, -0.25) is 0 Å². The predicted octanol–water partition coefficient (Wildman–Crippen LogP) is 1.36. The van der Waals surface area contributed by atoms with E-state index in [2.05, 4.69) is 29.3 Å². The van der Waals surface area contributed by atoms with Crippen LogP contribution in [0.15, 0.2) is 4.99 Å². The number of rotatable bonds is 4. The maximum absolute atomic E-state index is 4.38. The van der Waals surface area contributed by atoms with E-state index in [1.54, 1.807) is 0 Å². The van der Waals surface area contributed by atoms with E-state index in [0.717, 1.165) is 13.0 Å². The van der Waals surface area contributed by atoms with Crippen LogP contribution < -0.4 is 0 Å². The molecule has 0 fully saturated rings. The molecule has 9 heavy (non-hydrogen) atoms. The van der Waals surface area contributed by atoms with Crippen LogP contribution >= 0.6 is 12.2 Å². The van der Waals surface area contributed by atoms with E-state index in [0.29, 0.717) is 0 Å². The molecule has 0 heterocycles. The first-order valence-electron chi connectivity index (χ1n) is 2.95. The summed E-state index contributed by atoms with van der Waals surface area (Å²) in [5.41, 5.74) is 0. The van der Waals surface area contributed by atoms with Crippen molar-refractivity contribution >= 4 is 41.3 Å². The number of hydrogen-bond donors (Lipinski definition) is 0. The van der Waals surface area contributed by atoms with Crippen LogP contribution in [0.4, 0.5) is 0 Å². The van der Waals surface area contributed by atoms with Crippen molar-refractivity contribution in [2.24, 2.45) is 4.99 Å². The van der Waals surface area contributed by atoms with E-state index in [9.17, 15) is 0 Å². The molecule has 0 atom stereocenters. The van der Waals surface area contributed by atoms with Gasteiger partial charge in [0.25, 0.3) is 0 Å². The summed E-state index contributed by atoms with van der Waals surface area (Å²) in [5.74, 6) is 0. The third-order valence-electron chi connectivity index (χ3n) is 0.938. The van der Waals surface area contributed by atoms with E-state index in [1.165, 1.54) is 12.8 Å². The fourth-order valence-corrected chi connectivity index (χ4v) is 0.578. The summed E-state index contributed by atoms with van der Waals surface area (Å²) in [4.78, 5) is 3.77. The molecule has 0 bridgehead atoms. The van der Waals surface area contributed by atoms with E-state index in [4.69, 9.17) is 0 Å². The number of nitrogens with zero attached hydrogens (tertiary/aromatic N) is 1. The summed E-state index contributed by atoms with van der Waals surface area (Å²) in [7, 11) is 0. The van der Waals surface area contributed by atoms with Gasteiger partial charge in [0, 0.05) is 6.54 Å². The molecule has 0 aliphatic carbocycles. The Morgan fingerprint density at radius 2 is 2.11 bits per heavy atom. The van der Waals surface area contributed by atoms with Gasteiger partial charge in [0.15, 0.2) is 0 Å². The molecule has 1 nitrogen and oxygen atoms in total. The molecule has 0 unspecified atom stereocenters. The second kappa shape index (κ2) is 11.4. The Morgan fingerprint density at radius 3 is 2.56 bits per heavy atom. The van der Waals surface area contributed by atoms with E-state index in [1.807, 2.05) is 0 Å². The Labute approximate surface area is 78.9 Å². The van der Waals surface area contributed by atoms with Crippen LogP contribution in [0, 0.1) is 0 Å². The minimum absolute atomic E-state index is 0. The minimum atomic E-state index is 0. The monoisotopic (exact) mass is 251 g/mol. The van der Waals surface area contributed by atoms with Crippen molar-refractivity contribution in [3.8, 4) is 0 Å². The van der Waals surface area contributed by atoms with E-state index >= 15 is 0 Å². The number of isothiocyanates is 1. The molecule has 0 aliphatic heterocycles. The average Bonchev–Trinajstić information content (AvgIpc) is 1.81. The van der Waals surface area contributed by atoms with Gasteiger partial charge >= 0.3 is 23.9 Å². The van der Waals surface area contributed by atoms with Gasteiger partial charge in [0.1, 0.15) is 0 Å². The Kier molecular flexibility index (Phi) is 15.6. The molecule has 0 spiro atoms. The summed E-state index contributed by atoms with van der Waals surface area (Å²) in [5, 5.41) is 2.33. The first kappa shape index (κ1) is 12.3. The van der Waals surface area contributed by atoms with Crippen molar-refractivity contribution in [1.82, 2.24) is 0 Å². The molecule has 0 amide bonds. The molecule has 0 aromatic rings. The number of aliphatic imine (C=N–C) groups is 1. The van der Waals surface area contributed by atoms with Gasteiger partial charge in [0.05, 0.1) is 5.16 Å². The van der Waals surface area contributed by atoms with Gasteiger partial charge < -0.3 is 0 Å². The quantitative estimate of drug-likeness (QED) is 0.317. The van der Waals surface area contributed by atoms with Gasteiger partial charge in [-0.1, -0.05) is 19.8 Å². The van der Waals surface area contributed by atoms with Gasteiger partial charge in [-0.2, -0.15) is 0 Å². The molecule has 0 N–H and O–H groups in total. The second-order valence-corrected chi connectivity index (χ2v) is 1.86. The van der Waals surface area contributed by atoms with Gasteiger partial charge in [-0.25, -0.2) is 4.99 Å². The average molecular weight is 250 g/mol. The molecule has 3 heteroatoms. The topological polar surface area (TPSA) is 12.4 Å². The summed E-state index contributed by atoms with van der Waals surface area (Å²) in [6.45, 7) is 3.03. The Balaban J connectivity index is 0. The van der Waals surface area contributed by atoms with Crippen molar-refractivity contribution in [3.05, 3.63) is 0 Å². The Hall–Kier alpha value is 0.599. The molecular formula is C6H13NSSn. The zero-order chi connectivity index (χ0) is 6.24.